The largest absolute Gasteiger partial charge is 0.289 e. The van der Waals surface area contributed by atoms with E-state index in [0.29, 0.717) is 0 Å². The van der Waals surface area contributed by atoms with Crippen LogP contribution in [-0.4, -0.2) is 25.0 Å². The molecule has 1 aromatic rings. The van der Waals surface area contributed by atoms with Crippen LogP contribution >= 0.6 is 0 Å². The molecule has 1 amide bonds. The van der Waals surface area contributed by atoms with Gasteiger partial charge in [-0.3, -0.25) is 10.2 Å². The van der Waals surface area contributed by atoms with E-state index in [-0.39, 0.29) is 11.3 Å². The Morgan fingerprint density at radius 1 is 1.17 bits per heavy atom. The van der Waals surface area contributed by atoms with Gasteiger partial charge in [0.2, 0.25) is 5.91 Å². The van der Waals surface area contributed by atoms with Crippen LogP contribution in [0.25, 0.3) is 0 Å². The first-order valence-corrected chi connectivity index (χ1v) is 6.43. The number of amides is 1. The van der Waals surface area contributed by atoms with Crippen LogP contribution in [0, 0.1) is 20.8 Å². The van der Waals surface area contributed by atoms with Crippen LogP contribution in [0.4, 0.5) is 0 Å². The summed E-state index contributed by atoms with van der Waals surface area (Å²) in [5.41, 5.74) is 7.58. The molecule has 0 aliphatic heterocycles. The predicted molar refractivity (Wildman–Crippen MR) is 73.4 cm³/mol. The van der Waals surface area contributed by atoms with Crippen molar-refractivity contribution in [1.82, 2.24) is 10.4 Å². The number of carbonyl (C=O) groups is 1. The number of hydrogen-bond donors (Lipinski definition) is 1. The Labute approximate surface area is 109 Å². The molecular weight excluding hydrogens is 224 g/mol. The summed E-state index contributed by atoms with van der Waals surface area (Å²) in [4.78, 5) is 12.4. The third-order valence-corrected chi connectivity index (χ3v) is 3.67. The first-order chi connectivity index (χ1) is 8.36. The zero-order chi connectivity index (χ0) is 13.5. The lowest BCUT2D eigenvalue weighted by atomic mass is 9.86. The molecule has 0 atom stereocenters. The van der Waals surface area contributed by atoms with E-state index in [4.69, 9.17) is 0 Å². The number of carbonyl (C=O) groups excluding carboxylic acids is 1. The van der Waals surface area contributed by atoms with Crippen molar-refractivity contribution in [3.63, 3.8) is 0 Å². The Bertz CT molecular complexity index is 464. The number of hydrazine groups is 1. The van der Waals surface area contributed by atoms with Gasteiger partial charge in [0.25, 0.3) is 0 Å². The first kappa shape index (κ1) is 13.1. The van der Waals surface area contributed by atoms with Gasteiger partial charge in [-0.1, -0.05) is 17.7 Å². The molecular formula is C15H22N2O. The van der Waals surface area contributed by atoms with Gasteiger partial charge in [0.1, 0.15) is 0 Å². The second-order valence-corrected chi connectivity index (χ2v) is 5.69. The van der Waals surface area contributed by atoms with Crippen molar-refractivity contribution in [2.75, 3.05) is 14.1 Å². The van der Waals surface area contributed by atoms with E-state index in [1.54, 1.807) is 5.01 Å². The number of rotatable bonds is 3. The van der Waals surface area contributed by atoms with Crippen LogP contribution < -0.4 is 5.43 Å². The van der Waals surface area contributed by atoms with Crippen molar-refractivity contribution in [3.8, 4) is 0 Å². The number of hydrogen-bond acceptors (Lipinski definition) is 2. The molecule has 1 aliphatic carbocycles. The Morgan fingerprint density at radius 2 is 1.67 bits per heavy atom. The Morgan fingerprint density at radius 3 is 2.06 bits per heavy atom. The van der Waals surface area contributed by atoms with Gasteiger partial charge in [-0.2, -0.15) is 0 Å². The van der Waals surface area contributed by atoms with Crippen molar-refractivity contribution in [1.29, 1.82) is 0 Å². The van der Waals surface area contributed by atoms with E-state index < -0.39 is 0 Å². The Kier molecular flexibility index (Phi) is 3.20. The second-order valence-electron chi connectivity index (χ2n) is 5.69. The lowest BCUT2D eigenvalue weighted by Gasteiger charge is -2.23. The first-order valence-electron chi connectivity index (χ1n) is 6.43. The van der Waals surface area contributed by atoms with Crippen molar-refractivity contribution in [2.24, 2.45) is 0 Å². The Hall–Kier alpha value is -1.35. The van der Waals surface area contributed by atoms with Crippen molar-refractivity contribution >= 4 is 5.91 Å². The summed E-state index contributed by atoms with van der Waals surface area (Å²) in [5.74, 6) is 0.127. The smallest absolute Gasteiger partial charge is 0.244 e. The highest BCUT2D eigenvalue weighted by atomic mass is 16.2. The predicted octanol–water partition coefficient (Wildman–Crippen LogP) is 2.24. The monoisotopic (exact) mass is 246 g/mol. The minimum absolute atomic E-state index is 0.127. The highest BCUT2D eigenvalue weighted by molar-refractivity contribution is 5.91. The molecule has 1 N–H and O–H groups in total. The molecule has 1 aromatic carbocycles. The summed E-state index contributed by atoms with van der Waals surface area (Å²) in [6, 6.07) is 4.34. The van der Waals surface area contributed by atoms with Crippen LogP contribution in [0.3, 0.4) is 0 Å². The van der Waals surface area contributed by atoms with Crippen LogP contribution in [0.5, 0.6) is 0 Å². The molecule has 0 spiro atoms. The molecule has 1 saturated carbocycles. The molecule has 3 heteroatoms. The fourth-order valence-corrected chi connectivity index (χ4v) is 2.96. The third-order valence-electron chi connectivity index (χ3n) is 3.67. The Balaban J connectivity index is 2.40. The fourth-order valence-electron chi connectivity index (χ4n) is 2.96. The van der Waals surface area contributed by atoms with Gasteiger partial charge >= 0.3 is 0 Å². The van der Waals surface area contributed by atoms with E-state index in [1.165, 1.54) is 22.3 Å². The maximum absolute atomic E-state index is 12.4. The summed E-state index contributed by atoms with van der Waals surface area (Å²) < 4.78 is 0. The highest BCUT2D eigenvalue weighted by Crippen LogP contribution is 2.50. The lowest BCUT2D eigenvalue weighted by molar-refractivity contribution is -0.127. The quantitative estimate of drug-likeness (QED) is 0.830. The van der Waals surface area contributed by atoms with Crippen molar-refractivity contribution in [3.05, 3.63) is 34.4 Å². The highest BCUT2D eigenvalue weighted by Gasteiger charge is 2.52. The molecule has 98 valence electrons. The van der Waals surface area contributed by atoms with Gasteiger partial charge in [0, 0.05) is 14.1 Å². The molecule has 0 heterocycles. The van der Waals surface area contributed by atoms with Gasteiger partial charge in [0.05, 0.1) is 5.41 Å². The average Bonchev–Trinajstić information content (AvgIpc) is 2.96. The number of nitrogens with one attached hydrogen (secondary N) is 1. The van der Waals surface area contributed by atoms with Gasteiger partial charge in [0.15, 0.2) is 0 Å². The summed E-state index contributed by atoms with van der Waals surface area (Å²) in [7, 11) is 3.70. The third kappa shape index (κ3) is 2.15. The van der Waals surface area contributed by atoms with Crippen LogP contribution in [0.1, 0.15) is 35.1 Å². The molecule has 0 radical (unpaired) electrons. The number of aryl methyl sites for hydroxylation is 3. The SMILES string of the molecule is Cc1cc(C)c(C2(C(=O)NN(C)C)CC2)c(C)c1. The van der Waals surface area contributed by atoms with Crippen LogP contribution in [0.2, 0.25) is 0 Å². The topological polar surface area (TPSA) is 32.3 Å². The van der Waals surface area contributed by atoms with Crippen LogP contribution in [0.15, 0.2) is 12.1 Å². The van der Waals surface area contributed by atoms with Gasteiger partial charge in [-0.15, -0.1) is 0 Å². The summed E-state index contributed by atoms with van der Waals surface area (Å²) in [6.45, 7) is 6.32. The van der Waals surface area contributed by atoms with Crippen molar-refractivity contribution in [2.45, 2.75) is 39.0 Å². The minimum atomic E-state index is -0.286. The zero-order valence-corrected chi connectivity index (χ0v) is 11.9. The zero-order valence-electron chi connectivity index (χ0n) is 11.9. The molecule has 0 saturated heterocycles. The standard InChI is InChI=1S/C15H22N2O/c1-10-8-11(2)13(12(3)9-10)15(6-7-15)14(18)16-17(4)5/h8-9H,6-7H2,1-5H3,(H,16,18). The maximum atomic E-state index is 12.4. The van der Waals surface area contributed by atoms with E-state index in [1.807, 2.05) is 14.1 Å². The van der Waals surface area contributed by atoms with Crippen molar-refractivity contribution < 1.29 is 4.79 Å². The van der Waals surface area contributed by atoms with E-state index in [0.717, 1.165) is 12.8 Å². The van der Waals surface area contributed by atoms with Gasteiger partial charge < -0.3 is 0 Å². The summed E-state index contributed by atoms with van der Waals surface area (Å²) >= 11 is 0. The number of nitrogens with zero attached hydrogens (tertiary/aromatic N) is 1. The molecule has 1 fully saturated rings. The molecule has 18 heavy (non-hydrogen) atoms. The molecule has 0 unspecified atom stereocenters. The van der Waals surface area contributed by atoms with E-state index in [2.05, 4.69) is 38.3 Å². The van der Waals surface area contributed by atoms with E-state index in [9.17, 15) is 4.79 Å². The fraction of sp³-hybridized carbons (Fsp3) is 0.533. The molecule has 1 aliphatic rings. The van der Waals surface area contributed by atoms with Gasteiger partial charge in [-0.25, -0.2) is 5.01 Å². The molecule has 0 bridgehead atoms. The molecule has 3 nitrogen and oxygen atoms in total. The van der Waals surface area contributed by atoms with Crippen LogP contribution in [-0.2, 0) is 10.2 Å². The van der Waals surface area contributed by atoms with E-state index >= 15 is 0 Å². The second kappa shape index (κ2) is 4.39. The summed E-state index contributed by atoms with van der Waals surface area (Å²) in [5, 5.41) is 1.72. The molecule has 2 rings (SSSR count). The maximum Gasteiger partial charge on any atom is 0.244 e. The molecule has 0 aromatic heterocycles. The average molecular weight is 246 g/mol. The minimum Gasteiger partial charge on any atom is -0.289 e. The van der Waals surface area contributed by atoms with Gasteiger partial charge in [-0.05, 0) is 50.3 Å². The number of benzene rings is 1. The lowest BCUT2D eigenvalue weighted by Crippen LogP contribution is -2.43. The summed E-state index contributed by atoms with van der Waals surface area (Å²) in [6.07, 6.45) is 1.91. The normalized spacial score (nSPS) is 16.8.